The fourth-order valence-corrected chi connectivity index (χ4v) is 2.41. The average Bonchev–Trinajstić information content (AvgIpc) is 2.92. The van der Waals surface area contributed by atoms with Gasteiger partial charge >= 0.3 is 5.97 Å². The van der Waals surface area contributed by atoms with E-state index >= 15 is 0 Å². The number of nitrogens with zero attached hydrogens (tertiary/aromatic N) is 1. The van der Waals surface area contributed by atoms with Crippen molar-refractivity contribution in [1.82, 2.24) is 15.5 Å². The Bertz CT molecular complexity index is 705. The maximum atomic E-state index is 12.9. The molecule has 22 heavy (non-hydrogen) atoms. The van der Waals surface area contributed by atoms with E-state index in [4.69, 9.17) is 5.11 Å². The number of halogens is 1. The zero-order valence-corrected chi connectivity index (χ0v) is 11.5. The third kappa shape index (κ3) is 2.83. The quantitative estimate of drug-likeness (QED) is 0.802. The van der Waals surface area contributed by atoms with Gasteiger partial charge in [-0.3, -0.25) is 14.7 Å². The lowest BCUT2D eigenvalue weighted by atomic mass is 9.80. The fourth-order valence-electron chi connectivity index (χ4n) is 2.41. The van der Waals surface area contributed by atoms with Crippen LogP contribution < -0.4 is 5.32 Å². The van der Waals surface area contributed by atoms with E-state index in [1.165, 1.54) is 12.1 Å². The fraction of sp³-hybridized carbons (Fsp3) is 0.267. The molecule has 0 bridgehead atoms. The third-order valence-corrected chi connectivity index (χ3v) is 3.79. The van der Waals surface area contributed by atoms with Crippen molar-refractivity contribution >= 4 is 11.9 Å². The number of aliphatic carboxylic acids is 1. The number of nitrogens with one attached hydrogen (secondary N) is 2. The van der Waals surface area contributed by atoms with E-state index in [0.717, 1.165) is 0 Å². The standard InChI is InChI=1S/C15H14FN3O3/c16-10-3-1-8(2-4-10)12-7-13(19-18-12)14(20)17-11-5-9(6-11)15(21)22/h1-4,7,9,11H,5-6H2,(H,17,20)(H,18,19)(H,21,22). The lowest BCUT2D eigenvalue weighted by Crippen LogP contribution is -2.46. The van der Waals surface area contributed by atoms with Crippen molar-refractivity contribution in [2.45, 2.75) is 18.9 Å². The third-order valence-electron chi connectivity index (χ3n) is 3.79. The molecule has 1 aliphatic carbocycles. The Kier molecular flexibility index (Phi) is 3.62. The van der Waals surface area contributed by atoms with E-state index in [-0.39, 0.29) is 29.4 Å². The molecular weight excluding hydrogens is 289 g/mol. The normalized spacial score (nSPS) is 20.2. The molecule has 1 aliphatic rings. The first kappa shape index (κ1) is 14.2. The van der Waals surface area contributed by atoms with Gasteiger partial charge < -0.3 is 10.4 Å². The number of carboxylic acids is 1. The molecule has 1 saturated carbocycles. The van der Waals surface area contributed by atoms with Gasteiger partial charge in [0.15, 0.2) is 0 Å². The number of rotatable bonds is 4. The molecule has 0 saturated heterocycles. The molecule has 7 heteroatoms. The highest BCUT2D eigenvalue weighted by molar-refractivity contribution is 5.93. The topological polar surface area (TPSA) is 95.1 Å². The molecule has 0 spiro atoms. The van der Waals surface area contributed by atoms with Gasteiger partial charge in [0.2, 0.25) is 0 Å². The summed E-state index contributed by atoms with van der Waals surface area (Å²) in [4.78, 5) is 22.7. The summed E-state index contributed by atoms with van der Waals surface area (Å²) in [6.45, 7) is 0. The second kappa shape index (κ2) is 5.59. The zero-order valence-electron chi connectivity index (χ0n) is 11.5. The molecule has 3 N–H and O–H groups in total. The summed E-state index contributed by atoms with van der Waals surface area (Å²) in [5.41, 5.74) is 1.53. The van der Waals surface area contributed by atoms with Gasteiger partial charge in [-0.1, -0.05) is 0 Å². The van der Waals surface area contributed by atoms with E-state index in [1.54, 1.807) is 18.2 Å². The minimum Gasteiger partial charge on any atom is -0.481 e. The number of H-pyrrole nitrogens is 1. The molecule has 1 aromatic heterocycles. The molecule has 0 atom stereocenters. The Morgan fingerprint density at radius 3 is 2.59 bits per heavy atom. The van der Waals surface area contributed by atoms with Gasteiger partial charge in [-0.05, 0) is 43.2 Å². The van der Waals surface area contributed by atoms with Crippen LogP contribution in [0.25, 0.3) is 11.3 Å². The molecule has 1 heterocycles. The molecular formula is C15H14FN3O3. The highest BCUT2D eigenvalue weighted by Gasteiger charge is 2.35. The first-order valence-corrected chi connectivity index (χ1v) is 6.88. The Balaban J connectivity index is 1.63. The summed E-state index contributed by atoms with van der Waals surface area (Å²) in [5, 5.41) is 18.2. The van der Waals surface area contributed by atoms with Crippen LogP contribution in [-0.4, -0.2) is 33.2 Å². The number of carboxylic acid groups (broad SMARTS) is 1. The summed E-state index contributed by atoms with van der Waals surface area (Å²) in [6.07, 6.45) is 0.889. The lowest BCUT2D eigenvalue weighted by Gasteiger charge is -2.32. The summed E-state index contributed by atoms with van der Waals surface area (Å²) in [6, 6.07) is 7.27. The van der Waals surface area contributed by atoms with Crippen molar-refractivity contribution in [1.29, 1.82) is 0 Å². The van der Waals surface area contributed by atoms with Crippen LogP contribution in [0, 0.1) is 11.7 Å². The number of carbonyl (C=O) groups excluding carboxylic acids is 1. The van der Waals surface area contributed by atoms with Crippen molar-refractivity contribution in [2.75, 3.05) is 0 Å². The van der Waals surface area contributed by atoms with Crippen LogP contribution in [0.5, 0.6) is 0 Å². The highest BCUT2D eigenvalue weighted by atomic mass is 19.1. The monoisotopic (exact) mass is 303 g/mol. The number of amides is 1. The van der Waals surface area contributed by atoms with Crippen LogP contribution in [0.1, 0.15) is 23.3 Å². The summed E-state index contributed by atoms with van der Waals surface area (Å²) >= 11 is 0. The number of benzene rings is 1. The lowest BCUT2D eigenvalue weighted by molar-refractivity contribution is -0.145. The van der Waals surface area contributed by atoms with E-state index in [2.05, 4.69) is 15.5 Å². The Morgan fingerprint density at radius 1 is 1.27 bits per heavy atom. The molecule has 3 rings (SSSR count). The van der Waals surface area contributed by atoms with Crippen LogP contribution in [0.3, 0.4) is 0 Å². The van der Waals surface area contributed by atoms with Crippen molar-refractivity contribution in [3.63, 3.8) is 0 Å². The van der Waals surface area contributed by atoms with Crippen LogP contribution in [-0.2, 0) is 4.79 Å². The first-order valence-electron chi connectivity index (χ1n) is 6.88. The van der Waals surface area contributed by atoms with Crippen LogP contribution in [0.4, 0.5) is 4.39 Å². The summed E-state index contributed by atoms with van der Waals surface area (Å²) in [5.74, 6) is -1.86. The van der Waals surface area contributed by atoms with E-state index in [0.29, 0.717) is 24.1 Å². The van der Waals surface area contributed by atoms with Gasteiger partial charge in [0.1, 0.15) is 11.5 Å². The highest BCUT2D eigenvalue weighted by Crippen LogP contribution is 2.27. The average molecular weight is 303 g/mol. The first-order chi connectivity index (χ1) is 10.5. The molecule has 0 aliphatic heterocycles. The molecule has 6 nitrogen and oxygen atoms in total. The van der Waals surface area contributed by atoms with E-state index in [1.807, 2.05) is 0 Å². The van der Waals surface area contributed by atoms with Gasteiger partial charge in [-0.25, -0.2) is 4.39 Å². The molecule has 0 radical (unpaired) electrons. The van der Waals surface area contributed by atoms with Gasteiger partial charge in [0, 0.05) is 11.6 Å². The minimum absolute atomic E-state index is 0.119. The molecule has 0 unspecified atom stereocenters. The molecule has 2 aromatic rings. The molecule has 1 amide bonds. The Hall–Kier alpha value is -2.70. The predicted molar refractivity (Wildman–Crippen MR) is 75.6 cm³/mol. The van der Waals surface area contributed by atoms with Crippen LogP contribution in [0.15, 0.2) is 30.3 Å². The number of aromatic nitrogens is 2. The van der Waals surface area contributed by atoms with Gasteiger partial charge in [0.05, 0.1) is 11.6 Å². The SMILES string of the molecule is O=C(NC1CC(C(=O)O)C1)c1cc(-c2ccc(F)cc2)n[nH]1. The van der Waals surface area contributed by atoms with Crippen molar-refractivity contribution in [3.05, 3.63) is 41.8 Å². The smallest absolute Gasteiger partial charge is 0.306 e. The van der Waals surface area contributed by atoms with Crippen molar-refractivity contribution in [3.8, 4) is 11.3 Å². The number of aromatic amines is 1. The second-order valence-corrected chi connectivity index (χ2v) is 5.35. The number of hydrogen-bond acceptors (Lipinski definition) is 3. The Labute approximate surface area is 125 Å². The summed E-state index contributed by atoms with van der Waals surface area (Å²) < 4.78 is 12.9. The maximum Gasteiger partial charge on any atom is 0.306 e. The van der Waals surface area contributed by atoms with Crippen molar-refractivity contribution < 1.29 is 19.1 Å². The van der Waals surface area contributed by atoms with Crippen LogP contribution >= 0.6 is 0 Å². The minimum atomic E-state index is -0.828. The van der Waals surface area contributed by atoms with E-state index < -0.39 is 5.97 Å². The largest absolute Gasteiger partial charge is 0.481 e. The second-order valence-electron chi connectivity index (χ2n) is 5.35. The number of hydrogen-bond donors (Lipinski definition) is 3. The van der Waals surface area contributed by atoms with Crippen LogP contribution in [0.2, 0.25) is 0 Å². The molecule has 114 valence electrons. The van der Waals surface area contributed by atoms with Gasteiger partial charge in [-0.15, -0.1) is 0 Å². The van der Waals surface area contributed by atoms with Gasteiger partial charge in [-0.2, -0.15) is 5.10 Å². The molecule has 1 fully saturated rings. The predicted octanol–water partition coefficient (Wildman–Crippen LogP) is 1.81. The number of carbonyl (C=O) groups is 2. The summed E-state index contributed by atoms with van der Waals surface area (Å²) in [7, 11) is 0. The van der Waals surface area contributed by atoms with Crippen molar-refractivity contribution in [2.24, 2.45) is 5.92 Å². The molecule has 1 aromatic carbocycles. The maximum absolute atomic E-state index is 12.9. The zero-order chi connectivity index (χ0) is 15.7. The van der Waals surface area contributed by atoms with Gasteiger partial charge in [0.25, 0.3) is 5.91 Å². The van der Waals surface area contributed by atoms with E-state index in [9.17, 15) is 14.0 Å². The Morgan fingerprint density at radius 2 is 1.95 bits per heavy atom.